The molecule has 23 heavy (non-hydrogen) atoms. The molecule has 0 fully saturated rings. The first kappa shape index (κ1) is 19.7. The van der Waals surface area contributed by atoms with Crippen LogP contribution in [0, 0.1) is 5.41 Å². The number of imide groups is 1. The number of hydrogen-bond donors (Lipinski definition) is 2. The van der Waals surface area contributed by atoms with Crippen LogP contribution >= 0.6 is 0 Å². The molecule has 0 aromatic carbocycles. The molecule has 5 heteroatoms. The predicted molar refractivity (Wildman–Crippen MR) is 94.3 cm³/mol. The van der Waals surface area contributed by atoms with Crippen LogP contribution in [0.1, 0.15) is 59.8 Å². The monoisotopic (exact) mass is 323 g/mol. The van der Waals surface area contributed by atoms with E-state index in [9.17, 15) is 9.59 Å². The topological polar surface area (TPSA) is 61.4 Å². The Morgan fingerprint density at radius 2 is 2.00 bits per heavy atom. The van der Waals surface area contributed by atoms with Gasteiger partial charge in [0, 0.05) is 12.6 Å². The van der Waals surface area contributed by atoms with E-state index in [4.69, 9.17) is 0 Å². The van der Waals surface area contributed by atoms with E-state index in [1.165, 1.54) is 18.4 Å². The first-order chi connectivity index (χ1) is 10.7. The Balaban J connectivity index is 2.25. The highest BCUT2D eigenvalue weighted by molar-refractivity contribution is 5.95. The highest BCUT2D eigenvalue weighted by atomic mass is 16.2. The summed E-state index contributed by atoms with van der Waals surface area (Å²) in [5, 5.41) is 5.17. The van der Waals surface area contributed by atoms with Gasteiger partial charge in [0.1, 0.15) is 0 Å². The summed E-state index contributed by atoms with van der Waals surface area (Å²) in [5.74, 6) is -0.266. The number of urea groups is 1. The number of hydrogen-bond acceptors (Lipinski definition) is 3. The van der Waals surface area contributed by atoms with Crippen LogP contribution in [0.15, 0.2) is 11.6 Å². The van der Waals surface area contributed by atoms with Crippen molar-refractivity contribution >= 4 is 11.9 Å². The molecule has 2 N–H and O–H groups in total. The maximum absolute atomic E-state index is 11.9. The lowest BCUT2D eigenvalue weighted by Gasteiger charge is -2.34. The number of nitrogens with one attached hydrogen (secondary N) is 2. The summed E-state index contributed by atoms with van der Waals surface area (Å²) in [7, 11) is 1.91. The van der Waals surface area contributed by atoms with Crippen molar-refractivity contribution in [2.45, 2.75) is 65.8 Å². The van der Waals surface area contributed by atoms with E-state index in [0.717, 1.165) is 19.3 Å². The van der Waals surface area contributed by atoms with Gasteiger partial charge in [0.2, 0.25) is 5.91 Å². The minimum Gasteiger partial charge on any atom is -0.337 e. The SMILES string of the molecule is CC(N(C)CC(=O)NC(=O)NCCC1=CCCCC1)C(C)(C)C. The molecule has 0 saturated heterocycles. The number of carbonyl (C=O) groups excluding carboxylic acids is 2. The third-order valence-electron chi connectivity index (χ3n) is 4.68. The zero-order valence-electron chi connectivity index (χ0n) is 15.4. The van der Waals surface area contributed by atoms with E-state index in [2.05, 4.69) is 44.4 Å². The molecule has 0 radical (unpaired) electrons. The van der Waals surface area contributed by atoms with Crippen molar-refractivity contribution in [2.24, 2.45) is 5.41 Å². The van der Waals surface area contributed by atoms with Gasteiger partial charge >= 0.3 is 6.03 Å². The molecular weight excluding hydrogens is 290 g/mol. The third kappa shape index (κ3) is 7.64. The first-order valence-corrected chi connectivity index (χ1v) is 8.66. The zero-order valence-corrected chi connectivity index (χ0v) is 15.4. The quantitative estimate of drug-likeness (QED) is 0.739. The number of nitrogens with zero attached hydrogens (tertiary/aromatic N) is 1. The Bertz CT molecular complexity index is 438. The minimum absolute atomic E-state index is 0.0883. The van der Waals surface area contributed by atoms with Crippen LogP contribution in [0.5, 0.6) is 0 Å². The van der Waals surface area contributed by atoms with Gasteiger partial charge in [-0.2, -0.15) is 0 Å². The average Bonchev–Trinajstić information content (AvgIpc) is 2.46. The van der Waals surface area contributed by atoms with Crippen LogP contribution in [0.4, 0.5) is 4.79 Å². The van der Waals surface area contributed by atoms with Gasteiger partial charge in [-0.3, -0.25) is 15.0 Å². The van der Waals surface area contributed by atoms with Gasteiger partial charge in [0.05, 0.1) is 6.54 Å². The summed E-state index contributed by atoms with van der Waals surface area (Å²) in [5.41, 5.74) is 1.51. The van der Waals surface area contributed by atoms with Crippen molar-refractivity contribution in [3.05, 3.63) is 11.6 Å². The summed E-state index contributed by atoms with van der Waals surface area (Å²) < 4.78 is 0. The molecule has 0 aromatic rings. The maximum Gasteiger partial charge on any atom is 0.321 e. The first-order valence-electron chi connectivity index (χ1n) is 8.66. The molecule has 1 unspecified atom stereocenters. The lowest BCUT2D eigenvalue weighted by molar-refractivity contribution is -0.121. The fraction of sp³-hybridized carbons (Fsp3) is 0.778. The lowest BCUT2D eigenvalue weighted by atomic mass is 9.87. The highest BCUT2D eigenvalue weighted by Gasteiger charge is 2.25. The van der Waals surface area contributed by atoms with E-state index in [1.807, 2.05) is 11.9 Å². The van der Waals surface area contributed by atoms with Gasteiger partial charge in [-0.05, 0) is 51.5 Å². The highest BCUT2D eigenvalue weighted by Crippen LogP contribution is 2.22. The molecule has 0 saturated carbocycles. The van der Waals surface area contributed by atoms with Crippen LogP contribution in [0.3, 0.4) is 0 Å². The van der Waals surface area contributed by atoms with E-state index < -0.39 is 6.03 Å². The summed E-state index contributed by atoms with van der Waals surface area (Å²) in [6.45, 7) is 9.30. The van der Waals surface area contributed by atoms with E-state index in [-0.39, 0.29) is 23.9 Å². The Kier molecular flexibility index (Phi) is 7.76. The molecule has 3 amide bonds. The molecule has 1 atom stereocenters. The Labute approximate surface area is 140 Å². The molecular formula is C18H33N3O2. The number of allylic oxidation sites excluding steroid dienone is 1. The van der Waals surface area contributed by atoms with Crippen LogP contribution < -0.4 is 10.6 Å². The van der Waals surface area contributed by atoms with Gasteiger partial charge in [0.25, 0.3) is 0 Å². The Morgan fingerprint density at radius 1 is 1.30 bits per heavy atom. The second-order valence-electron chi connectivity index (χ2n) is 7.62. The number of likely N-dealkylation sites (N-methyl/N-ethyl adjacent to an activating group) is 1. The second-order valence-corrected chi connectivity index (χ2v) is 7.62. The van der Waals surface area contributed by atoms with Crippen molar-refractivity contribution in [3.8, 4) is 0 Å². The minimum atomic E-state index is -0.400. The Morgan fingerprint density at radius 3 is 2.57 bits per heavy atom. The van der Waals surface area contributed by atoms with E-state index >= 15 is 0 Å². The Hall–Kier alpha value is -1.36. The normalized spacial score (nSPS) is 16.7. The predicted octanol–water partition coefficient (Wildman–Crippen LogP) is 3.07. The zero-order chi connectivity index (χ0) is 17.5. The van der Waals surface area contributed by atoms with Crippen LogP contribution in [0.25, 0.3) is 0 Å². The standard InChI is InChI=1S/C18H33N3O2/c1-14(18(2,3)4)21(5)13-16(22)20-17(23)19-12-11-15-9-7-6-8-10-15/h9,14H,6-8,10-13H2,1-5H3,(H2,19,20,22,23). The van der Waals surface area contributed by atoms with Gasteiger partial charge in [-0.1, -0.05) is 32.4 Å². The van der Waals surface area contributed by atoms with Crippen LogP contribution in [0.2, 0.25) is 0 Å². The molecule has 1 rings (SSSR count). The van der Waals surface area contributed by atoms with Gasteiger partial charge in [0.15, 0.2) is 0 Å². The number of amides is 3. The second kappa shape index (κ2) is 9.06. The fourth-order valence-corrected chi connectivity index (χ4v) is 2.70. The van der Waals surface area contributed by atoms with Gasteiger partial charge in [-0.25, -0.2) is 4.79 Å². The van der Waals surface area contributed by atoms with Crippen molar-refractivity contribution in [1.29, 1.82) is 0 Å². The largest absolute Gasteiger partial charge is 0.337 e. The van der Waals surface area contributed by atoms with Crippen molar-refractivity contribution < 1.29 is 9.59 Å². The molecule has 1 aliphatic carbocycles. The molecule has 1 aliphatic rings. The average molecular weight is 323 g/mol. The molecule has 0 spiro atoms. The van der Waals surface area contributed by atoms with Crippen molar-refractivity contribution in [2.75, 3.05) is 20.1 Å². The summed E-state index contributed by atoms with van der Waals surface area (Å²) in [6, 6.07) is -0.155. The molecule has 0 bridgehead atoms. The van der Waals surface area contributed by atoms with E-state index in [0.29, 0.717) is 6.54 Å². The van der Waals surface area contributed by atoms with Crippen molar-refractivity contribution in [3.63, 3.8) is 0 Å². The lowest BCUT2D eigenvalue weighted by Crippen LogP contribution is -2.48. The smallest absolute Gasteiger partial charge is 0.321 e. The number of carbonyl (C=O) groups is 2. The molecule has 132 valence electrons. The molecule has 5 nitrogen and oxygen atoms in total. The third-order valence-corrected chi connectivity index (χ3v) is 4.68. The van der Waals surface area contributed by atoms with Crippen LogP contribution in [-0.2, 0) is 4.79 Å². The van der Waals surface area contributed by atoms with Crippen LogP contribution in [-0.4, -0.2) is 43.0 Å². The summed E-state index contributed by atoms with van der Waals surface area (Å²) in [4.78, 5) is 25.7. The van der Waals surface area contributed by atoms with E-state index in [1.54, 1.807) is 0 Å². The van der Waals surface area contributed by atoms with Crippen molar-refractivity contribution in [1.82, 2.24) is 15.5 Å². The fourth-order valence-electron chi connectivity index (χ4n) is 2.70. The molecule has 0 aromatic heterocycles. The van der Waals surface area contributed by atoms with Gasteiger partial charge < -0.3 is 5.32 Å². The summed E-state index contributed by atoms with van der Waals surface area (Å²) >= 11 is 0. The molecule has 0 heterocycles. The maximum atomic E-state index is 11.9. The summed E-state index contributed by atoms with van der Waals surface area (Å²) in [6.07, 6.45) is 7.96. The van der Waals surface area contributed by atoms with Gasteiger partial charge in [-0.15, -0.1) is 0 Å². The number of rotatable bonds is 6. The molecule has 0 aliphatic heterocycles.